The minimum absolute atomic E-state index is 0.0272. The summed E-state index contributed by atoms with van der Waals surface area (Å²) in [6.45, 7) is 0. The van der Waals surface area contributed by atoms with E-state index in [-0.39, 0.29) is 16.6 Å². The second-order valence-electron chi connectivity index (χ2n) is 4.76. The summed E-state index contributed by atoms with van der Waals surface area (Å²) in [4.78, 5) is 10.3. The average Bonchev–Trinajstić information content (AvgIpc) is 3.06. The van der Waals surface area contributed by atoms with Gasteiger partial charge in [-0.05, 0) is 35.9 Å². The van der Waals surface area contributed by atoms with Gasteiger partial charge >= 0.3 is 0 Å². The lowest BCUT2D eigenvalue weighted by atomic mass is 10.2. The number of nitro benzene ring substituents is 1. The number of hydrogen-bond acceptors (Lipinski definition) is 5. The average molecular weight is 362 g/mol. The maximum Gasteiger partial charge on any atom is 0.270 e. The zero-order chi connectivity index (χ0) is 17.1. The Kier molecular flexibility index (Phi) is 4.59. The van der Waals surface area contributed by atoms with Gasteiger partial charge in [-0.25, -0.2) is 0 Å². The molecule has 0 fully saturated rings. The monoisotopic (exact) mass is 361 g/mol. The summed E-state index contributed by atoms with van der Waals surface area (Å²) >= 11 is 12.0. The van der Waals surface area contributed by atoms with Crippen LogP contribution in [0.3, 0.4) is 0 Å². The molecule has 0 saturated heterocycles. The number of hydrogen-bond donors (Lipinski definition) is 0. The van der Waals surface area contributed by atoms with Crippen LogP contribution in [0, 0.1) is 10.1 Å². The molecule has 0 saturated carbocycles. The predicted molar refractivity (Wildman–Crippen MR) is 91.6 cm³/mol. The zero-order valence-electron chi connectivity index (χ0n) is 12.0. The second-order valence-corrected chi connectivity index (χ2v) is 5.61. The molecule has 3 aromatic rings. The number of nitrogens with zero attached hydrogens (tertiary/aromatic N) is 3. The second kappa shape index (κ2) is 6.82. The van der Waals surface area contributed by atoms with E-state index in [0.717, 1.165) is 0 Å². The van der Waals surface area contributed by atoms with Crippen LogP contribution in [0.5, 0.6) is 0 Å². The van der Waals surface area contributed by atoms with Crippen LogP contribution < -0.4 is 0 Å². The topological polar surface area (TPSA) is 82.1 Å². The van der Waals surface area contributed by atoms with Crippen molar-refractivity contribution in [3.05, 3.63) is 75.1 Å². The standard InChI is InChI=1S/C16H9Cl2N3O3/c17-12-6-4-11(5-7-12)15-19-20-16(24-15)14(18)9-10-2-1-3-13(8-10)21(22)23/h1-9H/b14-9-. The molecule has 24 heavy (non-hydrogen) atoms. The quantitative estimate of drug-likeness (QED) is 0.480. The van der Waals surface area contributed by atoms with Gasteiger partial charge in [0.05, 0.1) is 4.92 Å². The summed E-state index contributed by atoms with van der Waals surface area (Å²) in [5.74, 6) is 0.417. The van der Waals surface area contributed by atoms with Gasteiger partial charge in [0.2, 0.25) is 5.89 Å². The Hall–Kier alpha value is -2.70. The third-order valence-electron chi connectivity index (χ3n) is 3.09. The smallest absolute Gasteiger partial charge is 0.270 e. The van der Waals surface area contributed by atoms with Gasteiger partial charge in [0.25, 0.3) is 11.6 Å². The fraction of sp³-hybridized carbons (Fsp3) is 0. The molecule has 0 aliphatic rings. The van der Waals surface area contributed by atoms with E-state index in [0.29, 0.717) is 22.0 Å². The highest BCUT2D eigenvalue weighted by Gasteiger charge is 2.12. The van der Waals surface area contributed by atoms with Gasteiger partial charge in [0, 0.05) is 22.7 Å². The summed E-state index contributed by atoms with van der Waals surface area (Å²) in [6.07, 6.45) is 1.52. The number of halogens is 2. The summed E-state index contributed by atoms with van der Waals surface area (Å²) in [6, 6.07) is 13.0. The predicted octanol–water partition coefficient (Wildman–Crippen LogP) is 5.04. The van der Waals surface area contributed by atoms with Crippen LogP contribution in [0.1, 0.15) is 11.5 Å². The molecule has 1 aromatic heterocycles. The van der Waals surface area contributed by atoms with E-state index in [1.165, 1.54) is 18.2 Å². The van der Waals surface area contributed by atoms with Crippen molar-refractivity contribution in [1.82, 2.24) is 10.2 Å². The third-order valence-corrected chi connectivity index (χ3v) is 3.62. The molecule has 0 spiro atoms. The molecule has 0 aliphatic heterocycles. The molecule has 0 atom stereocenters. The van der Waals surface area contributed by atoms with Crippen molar-refractivity contribution in [1.29, 1.82) is 0 Å². The fourth-order valence-corrected chi connectivity index (χ4v) is 2.29. The molecule has 0 unspecified atom stereocenters. The maximum atomic E-state index is 10.8. The van der Waals surface area contributed by atoms with Crippen LogP contribution in [0.2, 0.25) is 5.02 Å². The number of non-ortho nitro benzene ring substituents is 1. The lowest BCUT2D eigenvalue weighted by Crippen LogP contribution is -1.87. The van der Waals surface area contributed by atoms with Crippen molar-refractivity contribution in [2.75, 3.05) is 0 Å². The van der Waals surface area contributed by atoms with Gasteiger partial charge in [0.15, 0.2) is 0 Å². The van der Waals surface area contributed by atoms with Gasteiger partial charge in [0.1, 0.15) is 5.03 Å². The van der Waals surface area contributed by atoms with Gasteiger partial charge in [-0.2, -0.15) is 0 Å². The first-order valence-corrected chi connectivity index (χ1v) is 7.50. The first-order valence-electron chi connectivity index (χ1n) is 6.74. The van der Waals surface area contributed by atoms with E-state index >= 15 is 0 Å². The summed E-state index contributed by atoms with van der Waals surface area (Å²) < 4.78 is 5.52. The van der Waals surface area contributed by atoms with Crippen molar-refractivity contribution in [2.24, 2.45) is 0 Å². The normalized spacial score (nSPS) is 11.5. The minimum Gasteiger partial charge on any atom is -0.415 e. The van der Waals surface area contributed by atoms with Crippen LogP contribution in [-0.2, 0) is 0 Å². The van der Waals surface area contributed by atoms with Crippen LogP contribution in [0.25, 0.3) is 22.6 Å². The highest BCUT2D eigenvalue weighted by molar-refractivity contribution is 6.50. The molecule has 0 amide bonds. The summed E-state index contributed by atoms with van der Waals surface area (Å²) in [7, 11) is 0. The Morgan fingerprint density at radius 2 is 1.92 bits per heavy atom. The van der Waals surface area contributed by atoms with E-state index in [9.17, 15) is 10.1 Å². The highest BCUT2D eigenvalue weighted by atomic mass is 35.5. The van der Waals surface area contributed by atoms with E-state index < -0.39 is 4.92 Å². The van der Waals surface area contributed by atoms with Crippen molar-refractivity contribution in [3.63, 3.8) is 0 Å². The Balaban J connectivity index is 1.88. The lowest BCUT2D eigenvalue weighted by Gasteiger charge is -1.96. The Bertz CT molecular complexity index is 920. The molecular weight excluding hydrogens is 353 g/mol. The van der Waals surface area contributed by atoms with Crippen molar-refractivity contribution < 1.29 is 9.34 Å². The van der Waals surface area contributed by atoms with E-state index in [4.69, 9.17) is 27.6 Å². The fourth-order valence-electron chi connectivity index (χ4n) is 1.97. The summed E-state index contributed by atoms with van der Waals surface area (Å²) in [5, 5.41) is 19.4. The molecule has 6 nitrogen and oxygen atoms in total. The zero-order valence-corrected chi connectivity index (χ0v) is 13.5. The maximum absolute atomic E-state index is 10.8. The lowest BCUT2D eigenvalue weighted by molar-refractivity contribution is -0.384. The molecule has 2 aromatic carbocycles. The Morgan fingerprint density at radius 1 is 1.17 bits per heavy atom. The van der Waals surface area contributed by atoms with Crippen LogP contribution >= 0.6 is 23.2 Å². The molecule has 120 valence electrons. The number of rotatable bonds is 4. The molecule has 0 radical (unpaired) electrons. The summed E-state index contributed by atoms with van der Waals surface area (Å²) in [5.41, 5.74) is 1.24. The SMILES string of the molecule is O=[N+]([O-])c1cccc(/C=C(\Cl)c2nnc(-c3ccc(Cl)cc3)o2)c1. The van der Waals surface area contributed by atoms with E-state index in [2.05, 4.69) is 10.2 Å². The van der Waals surface area contributed by atoms with Crippen LogP contribution in [-0.4, -0.2) is 15.1 Å². The molecule has 8 heteroatoms. The van der Waals surface area contributed by atoms with Crippen LogP contribution in [0.15, 0.2) is 52.9 Å². The minimum atomic E-state index is -0.476. The Labute approximate surface area is 146 Å². The largest absolute Gasteiger partial charge is 0.415 e. The van der Waals surface area contributed by atoms with Crippen molar-refractivity contribution >= 4 is 40.0 Å². The first-order chi connectivity index (χ1) is 11.5. The Morgan fingerprint density at radius 3 is 2.62 bits per heavy atom. The van der Waals surface area contributed by atoms with Crippen molar-refractivity contribution in [2.45, 2.75) is 0 Å². The van der Waals surface area contributed by atoms with E-state index in [1.54, 1.807) is 36.4 Å². The first kappa shape index (κ1) is 16.2. The molecule has 1 heterocycles. The number of nitro groups is 1. The van der Waals surface area contributed by atoms with Gasteiger partial charge in [-0.15, -0.1) is 10.2 Å². The van der Waals surface area contributed by atoms with Gasteiger partial charge in [-0.3, -0.25) is 10.1 Å². The number of aromatic nitrogens is 2. The van der Waals surface area contributed by atoms with Gasteiger partial charge < -0.3 is 4.42 Å². The van der Waals surface area contributed by atoms with E-state index in [1.807, 2.05) is 0 Å². The molecule has 0 N–H and O–H groups in total. The van der Waals surface area contributed by atoms with Gasteiger partial charge in [-0.1, -0.05) is 35.3 Å². The molecule has 0 bridgehead atoms. The third kappa shape index (κ3) is 3.61. The van der Waals surface area contributed by atoms with Crippen LogP contribution in [0.4, 0.5) is 5.69 Å². The van der Waals surface area contributed by atoms with Crippen molar-refractivity contribution in [3.8, 4) is 11.5 Å². The molecule has 3 rings (SSSR count). The molecular formula is C16H9Cl2N3O3. The highest BCUT2D eigenvalue weighted by Crippen LogP contribution is 2.26. The molecule has 0 aliphatic carbocycles. The number of benzene rings is 2.